The van der Waals surface area contributed by atoms with Gasteiger partial charge in [0.15, 0.2) is 34.9 Å². The molecule has 0 aliphatic heterocycles. The molecule has 330 valence electrons. The molecule has 0 unspecified atom stereocenters. The second kappa shape index (κ2) is 16.4. The SMILES string of the molecule is CC1(C)c2ccccc2C2(c3ccc(-c4nc(-c5ccccc5)nc(-c5ccc(-c6ccccc6)cc5)n4)cc3-c3c(-c4nc(-c5ccccc5)nc(-c5ccccc5)n4)cccc32)c2ccccc21. The van der Waals surface area contributed by atoms with Crippen molar-refractivity contribution in [1.82, 2.24) is 29.9 Å². The molecule has 70 heavy (non-hydrogen) atoms. The van der Waals surface area contributed by atoms with Crippen LogP contribution in [0.4, 0.5) is 0 Å². The largest absolute Gasteiger partial charge is 0.208 e. The molecule has 0 atom stereocenters. The highest BCUT2D eigenvalue weighted by atomic mass is 15.0. The lowest BCUT2D eigenvalue weighted by Crippen LogP contribution is -2.40. The van der Waals surface area contributed by atoms with Gasteiger partial charge in [-0.2, -0.15) is 0 Å². The molecule has 0 saturated heterocycles. The Bertz CT molecular complexity index is 3670. The lowest BCUT2D eigenvalue weighted by atomic mass is 9.55. The Labute approximate surface area is 407 Å². The molecule has 13 rings (SSSR count). The fraction of sp³-hybridized carbons (Fsp3) is 0.0625. The lowest BCUT2D eigenvalue weighted by Gasteiger charge is -2.46. The number of hydrogen-bond donors (Lipinski definition) is 0. The van der Waals surface area contributed by atoms with Crippen molar-refractivity contribution in [1.29, 1.82) is 0 Å². The first-order valence-corrected chi connectivity index (χ1v) is 23.8. The monoisotopic (exact) mass is 896 g/mol. The van der Waals surface area contributed by atoms with E-state index >= 15 is 0 Å². The van der Waals surface area contributed by atoms with Gasteiger partial charge in [-0.15, -0.1) is 0 Å². The number of rotatable bonds is 7. The van der Waals surface area contributed by atoms with E-state index < -0.39 is 5.41 Å². The maximum absolute atomic E-state index is 5.34. The van der Waals surface area contributed by atoms with E-state index in [0.717, 1.165) is 55.6 Å². The Morgan fingerprint density at radius 1 is 0.243 bits per heavy atom. The molecule has 2 aliphatic carbocycles. The number of nitrogens with zero attached hydrogens (tertiary/aromatic N) is 6. The molecule has 2 aromatic heterocycles. The molecular weight excluding hydrogens is 853 g/mol. The molecule has 6 nitrogen and oxygen atoms in total. The number of aromatic nitrogens is 6. The van der Waals surface area contributed by atoms with Crippen LogP contribution in [-0.2, 0) is 10.8 Å². The molecule has 0 amide bonds. The van der Waals surface area contributed by atoms with Crippen molar-refractivity contribution in [3.63, 3.8) is 0 Å². The third-order valence-corrected chi connectivity index (χ3v) is 14.3. The summed E-state index contributed by atoms with van der Waals surface area (Å²) in [5, 5.41) is 0. The van der Waals surface area contributed by atoms with E-state index in [1.54, 1.807) is 0 Å². The van der Waals surface area contributed by atoms with Crippen molar-refractivity contribution in [3.8, 4) is 90.6 Å². The standard InChI is InChI=1S/C64H44N6/c1-63(2)51-29-15-17-31-53(51)64(54-32-18-16-30-52(54)63)50-39-38-47(61-67-57(43-22-9-4-10-23-43)65-60(68-61)46-36-34-42(35-37-46)41-20-7-3-8-21-41)40-49(50)56-48(28-19-33-55(56)64)62-69-58(44-24-11-5-12-25-44)66-59(70-62)45-26-13-6-14-27-45/h3-40H,1-2H3. The highest BCUT2D eigenvalue weighted by Crippen LogP contribution is 2.63. The summed E-state index contributed by atoms with van der Waals surface area (Å²) in [6, 6.07) is 81.0. The van der Waals surface area contributed by atoms with Gasteiger partial charge >= 0.3 is 0 Å². The summed E-state index contributed by atoms with van der Waals surface area (Å²) in [7, 11) is 0. The van der Waals surface area contributed by atoms with Crippen LogP contribution in [0.25, 0.3) is 90.6 Å². The number of benzene rings is 9. The average molecular weight is 897 g/mol. The molecule has 2 heterocycles. The Kier molecular flexibility index (Phi) is 9.63. The van der Waals surface area contributed by atoms with Crippen molar-refractivity contribution in [2.45, 2.75) is 24.7 Å². The van der Waals surface area contributed by atoms with Crippen LogP contribution in [0.1, 0.15) is 47.2 Å². The van der Waals surface area contributed by atoms with E-state index in [0.29, 0.717) is 34.9 Å². The van der Waals surface area contributed by atoms with Gasteiger partial charge in [0.1, 0.15) is 0 Å². The van der Waals surface area contributed by atoms with Gasteiger partial charge in [-0.3, -0.25) is 0 Å². The second-order valence-electron chi connectivity index (χ2n) is 18.6. The first-order valence-electron chi connectivity index (χ1n) is 23.8. The van der Waals surface area contributed by atoms with E-state index in [-0.39, 0.29) is 5.41 Å². The normalized spacial score (nSPS) is 13.5. The molecule has 2 aliphatic rings. The van der Waals surface area contributed by atoms with Crippen LogP contribution in [0, 0.1) is 0 Å². The minimum atomic E-state index is -0.667. The minimum Gasteiger partial charge on any atom is -0.208 e. The van der Waals surface area contributed by atoms with Gasteiger partial charge in [0.2, 0.25) is 0 Å². The molecule has 0 fully saturated rings. The summed E-state index contributed by atoms with van der Waals surface area (Å²) < 4.78 is 0. The van der Waals surface area contributed by atoms with E-state index in [4.69, 9.17) is 29.9 Å². The second-order valence-corrected chi connectivity index (χ2v) is 18.6. The molecule has 0 radical (unpaired) electrons. The average Bonchev–Trinajstić information content (AvgIpc) is 3.74. The number of hydrogen-bond acceptors (Lipinski definition) is 6. The molecule has 1 spiro atoms. The van der Waals surface area contributed by atoms with Crippen molar-refractivity contribution in [2.75, 3.05) is 0 Å². The van der Waals surface area contributed by atoms with E-state index in [9.17, 15) is 0 Å². The highest BCUT2D eigenvalue weighted by molar-refractivity contribution is 5.97. The van der Waals surface area contributed by atoms with E-state index in [2.05, 4.69) is 184 Å². The van der Waals surface area contributed by atoms with Crippen LogP contribution < -0.4 is 0 Å². The van der Waals surface area contributed by atoms with Crippen LogP contribution in [0.15, 0.2) is 231 Å². The highest BCUT2D eigenvalue weighted by Gasteiger charge is 2.54. The fourth-order valence-electron chi connectivity index (χ4n) is 11.0. The molecule has 0 N–H and O–H groups in total. The van der Waals surface area contributed by atoms with Gasteiger partial charge < -0.3 is 0 Å². The first kappa shape index (κ1) is 41.2. The van der Waals surface area contributed by atoms with Gasteiger partial charge in [0.05, 0.1) is 5.41 Å². The van der Waals surface area contributed by atoms with Crippen LogP contribution in [0.5, 0.6) is 0 Å². The fourth-order valence-corrected chi connectivity index (χ4v) is 11.0. The lowest BCUT2D eigenvalue weighted by molar-refractivity contribution is 0.563. The third kappa shape index (κ3) is 6.56. The van der Waals surface area contributed by atoms with Gasteiger partial charge in [-0.25, -0.2) is 29.9 Å². The van der Waals surface area contributed by atoms with Crippen molar-refractivity contribution >= 4 is 0 Å². The summed E-state index contributed by atoms with van der Waals surface area (Å²) in [6.07, 6.45) is 0. The Hall–Kier alpha value is -9.00. The van der Waals surface area contributed by atoms with Crippen LogP contribution in [-0.4, -0.2) is 29.9 Å². The zero-order valence-electron chi connectivity index (χ0n) is 38.6. The Morgan fingerprint density at radius 3 is 1.07 bits per heavy atom. The summed E-state index contributed by atoms with van der Waals surface area (Å²) in [5.41, 5.74) is 16.5. The summed E-state index contributed by atoms with van der Waals surface area (Å²) in [6.45, 7) is 4.71. The smallest absolute Gasteiger partial charge is 0.164 e. The van der Waals surface area contributed by atoms with Crippen LogP contribution in [0.3, 0.4) is 0 Å². The van der Waals surface area contributed by atoms with Crippen molar-refractivity contribution < 1.29 is 0 Å². The van der Waals surface area contributed by atoms with Crippen LogP contribution >= 0.6 is 0 Å². The predicted octanol–water partition coefficient (Wildman–Crippen LogP) is 14.7. The summed E-state index contributed by atoms with van der Waals surface area (Å²) in [5.74, 6) is 3.62. The molecule has 11 aromatic rings. The summed E-state index contributed by atoms with van der Waals surface area (Å²) >= 11 is 0. The maximum atomic E-state index is 5.34. The quantitative estimate of drug-likeness (QED) is 0.159. The number of fused-ring (bicyclic) bond motifs is 9. The van der Waals surface area contributed by atoms with Gasteiger partial charge in [-0.05, 0) is 61.7 Å². The van der Waals surface area contributed by atoms with Crippen molar-refractivity contribution in [3.05, 3.63) is 264 Å². The topological polar surface area (TPSA) is 77.3 Å². The zero-order valence-corrected chi connectivity index (χ0v) is 38.6. The third-order valence-electron chi connectivity index (χ3n) is 14.3. The zero-order chi connectivity index (χ0) is 46.8. The van der Waals surface area contributed by atoms with E-state index in [1.165, 1.54) is 33.4 Å². The molecule has 9 aromatic carbocycles. The molecule has 6 heteroatoms. The molecule has 0 bridgehead atoms. The van der Waals surface area contributed by atoms with Gasteiger partial charge in [0, 0.05) is 38.8 Å². The predicted molar refractivity (Wildman–Crippen MR) is 281 cm³/mol. The van der Waals surface area contributed by atoms with Crippen molar-refractivity contribution in [2.24, 2.45) is 0 Å². The molecular formula is C64H44N6. The summed E-state index contributed by atoms with van der Waals surface area (Å²) in [4.78, 5) is 31.4. The minimum absolute atomic E-state index is 0.253. The van der Waals surface area contributed by atoms with Gasteiger partial charge in [-0.1, -0.05) is 238 Å². The Morgan fingerprint density at radius 2 is 0.586 bits per heavy atom. The van der Waals surface area contributed by atoms with Crippen LogP contribution in [0.2, 0.25) is 0 Å². The van der Waals surface area contributed by atoms with Gasteiger partial charge in [0.25, 0.3) is 0 Å². The Balaban J connectivity index is 1.08. The maximum Gasteiger partial charge on any atom is 0.164 e. The first-order chi connectivity index (χ1) is 34.4. The molecule has 0 saturated carbocycles. The van der Waals surface area contributed by atoms with E-state index in [1.807, 2.05) is 60.7 Å².